The van der Waals surface area contributed by atoms with Gasteiger partial charge in [-0.1, -0.05) is 0 Å². The van der Waals surface area contributed by atoms with Crippen LogP contribution in [0, 0.1) is 23.3 Å². The third-order valence-electron chi connectivity index (χ3n) is 3.66. The fourth-order valence-corrected chi connectivity index (χ4v) is 1.82. The van der Waals surface area contributed by atoms with E-state index in [1.54, 1.807) is 6.07 Å². The first-order valence-electron chi connectivity index (χ1n) is 7.02. The molecule has 0 saturated heterocycles. The van der Waals surface area contributed by atoms with E-state index in [2.05, 4.69) is 9.72 Å². The Balaban J connectivity index is 2.29. The maximum Gasteiger partial charge on any atom is 0.345 e. The molecule has 0 unspecified atom stereocenters. The molecule has 1 heterocycles. The first kappa shape index (κ1) is 17.9. The van der Waals surface area contributed by atoms with E-state index in [9.17, 15) is 22.4 Å². The minimum absolute atomic E-state index is 0.0309. The van der Waals surface area contributed by atoms with E-state index in [-0.39, 0.29) is 11.6 Å². The second-order valence-corrected chi connectivity index (χ2v) is 5.59. The summed E-state index contributed by atoms with van der Waals surface area (Å²) in [5, 5.41) is 0. The van der Waals surface area contributed by atoms with Crippen molar-refractivity contribution in [1.82, 2.24) is 9.47 Å². The summed E-state index contributed by atoms with van der Waals surface area (Å²) in [5.41, 5.74) is -0.113. The van der Waals surface area contributed by atoms with E-state index in [1.165, 1.54) is 12.3 Å². The van der Waals surface area contributed by atoms with Gasteiger partial charge in [-0.2, -0.15) is 8.78 Å². The topological polar surface area (TPSA) is 39.2 Å². The van der Waals surface area contributed by atoms with Crippen molar-refractivity contribution in [2.24, 2.45) is 0 Å². The van der Waals surface area contributed by atoms with Gasteiger partial charge in [-0.3, -0.25) is 4.48 Å². The molecule has 1 aromatic carbocycles. The predicted molar refractivity (Wildman–Crippen MR) is 79.7 cm³/mol. The molecule has 0 aliphatic rings. The monoisotopic (exact) mass is 343 g/mol. The highest BCUT2D eigenvalue weighted by Crippen LogP contribution is 2.27. The number of pyridine rings is 1. The van der Waals surface area contributed by atoms with Crippen molar-refractivity contribution in [2.75, 3.05) is 20.6 Å². The minimum Gasteiger partial charge on any atom is -0.416 e. The Labute approximate surface area is 135 Å². The molecule has 2 rings (SSSR count). The summed E-state index contributed by atoms with van der Waals surface area (Å²) in [6.45, 7) is 2.70. The highest BCUT2D eigenvalue weighted by Gasteiger charge is 2.24. The lowest BCUT2D eigenvalue weighted by atomic mass is 10.2. The smallest absolute Gasteiger partial charge is 0.345 e. The number of esters is 1. The lowest BCUT2D eigenvalue weighted by Crippen LogP contribution is -2.40. The lowest BCUT2D eigenvalue weighted by molar-refractivity contribution is 0.0717. The minimum atomic E-state index is -1.78. The lowest BCUT2D eigenvalue weighted by Gasteiger charge is -2.25. The third kappa shape index (κ3) is 3.38. The molecule has 0 radical (unpaired) electrons. The van der Waals surface area contributed by atoms with E-state index in [4.69, 9.17) is 0 Å². The largest absolute Gasteiger partial charge is 0.416 e. The number of benzene rings is 1. The number of aromatic nitrogens is 1. The van der Waals surface area contributed by atoms with Crippen LogP contribution in [-0.4, -0.2) is 31.6 Å². The molecule has 0 N–H and O–H groups in total. The third-order valence-corrected chi connectivity index (χ3v) is 3.66. The van der Waals surface area contributed by atoms with E-state index >= 15 is 0 Å². The van der Waals surface area contributed by atoms with Crippen LogP contribution in [0.5, 0.6) is 5.75 Å². The van der Waals surface area contributed by atoms with Crippen LogP contribution in [-0.2, 0) is 0 Å². The summed E-state index contributed by atoms with van der Waals surface area (Å²) in [4.78, 5) is 16.0. The highest BCUT2D eigenvalue weighted by atomic mass is 19.2. The Kier molecular flexibility index (Phi) is 4.88. The number of carbonyl (C=O) groups is 1. The quantitative estimate of drug-likeness (QED) is 0.281. The van der Waals surface area contributed by atoms with Crippen molar-refractivity contribution in [3.05, 3.63) is 53.2 Å². The Morgan fingerprint density at radius 2 is 1.71 bits per heavy atom. The molecular weight excluding hydrogens is 328 g/mol. The molecule has 0 aliphatic carbocycles. The van der Waals surface area contributed by atoms with Gasteiger partial charge in [0.15, 0.2) is 11.6 Å². The van der Waals surface area contributed by atoms with E-state index in [0.29, 0.717) is 10.3 Å². The van der Waals surface area contributed by atoms with Gasteiger partial charge in [-0.25, -0.2) is 18.6 Å². The van der Waals surface area contributed by atoms with Crippen LogP contribution >= 0.6 is 0 Å². The first-order valence-corrected chi connectivity index (χ1v) is 7.02. The zero-order valence-corrected chi connectivity index (χ0v) is 13.2. The SMILES string of the molecule is CC[N+](C)(C)c1ccc(C(=O)Oc2c(F)c(F)cc(F)c2F)cn1. The molecule has 128 valence electrons. The number of rotatable bonds is 4. The molecule has 1 aromatic heterocycles. The maximum atomic E-state index is 13.5. The van der Waals surface area contributed by atoms with Crippen LogP contribution in [0.25, 0.3) is 0 Å². The van der Waals surface area contributed by atoms with Crippen molar-refractivity contribution in [3.8, 4) is 5.75 Å². The fraction of sp³-hybridized carbons (Fsp3) is 0.250. The van der Waals surface area contributed by atoms with Crippen molar-refractivity contribution < 1.29 is 27.1 Å². The van der Waals surface area contributed by atoms with Gasteiger partial charge in [0.25, 0.3) is 0 Å². The average molecular weight is 343 g/mol. The van der Waals surface area contributed by atoms with Crippen LogP contribution in [0.1, 0.15) is 17.3 Å². The molecule has 2 aromatic rings. The van der Waals surface area contributed by atoms with Gasteiger partial charge in [0.2, 0.25) is 23.2 Å². The number of quaternary nitrogens is 1. The summed E-state index contributed by atoms with van der Waals surface area (Å²) in [6, 6.07) is 2.94. The van der Waals surface area contributed by atoms with Crippen LogP contribution < -0.4 is 9.22 Å². The molecule has 4 nitrogen and oxygen atoms in total. The highest BCUT2D eigenvalue weighted by molar-refractivity contribution is 5.90. The zero-order chi connectivity index (χ0) is 18.1. The number of hydrogen-bond donors (Lipinski definition) is 0. The molecule has 0 atom stereocenters. The number of carbonyl (C=O) groups excluding carboxylic acids is 1. The zero-order valence-electron chi connectivity index (χ0n) is 13.2. The Morgan fingerprint density at radius 1 is 1.12 bits per heavy atom. The van der Waals surface area contributed by atoms with Gasteiger partial charge >= 0.3 is 5.97 Å². The number of nitrogens with zero attached hydrogens (tertiary/aromatic N) is 2. The van der Waals surface area contributed by atoms with Gasteiger partial charge in [0.05, 0.1) is 26.2 Å². The van der Waals surface area contributed by atoms with E-state index < -0.39 is 35.0 Å². The summed E-state index contributed by atoms with van der Waals surface area (Å²) >= 11 is 0. The Morgan fingerprint density at radius 3 is 2.17 bits per heavy atom. The first-order chi connectivity index (χ1) is 11.2. The van der Waals surface area contributed by atoms with Crippen molar-refractivity contribution in [1.29, 1.82) is 0 Å². The molecule has 8 heteroatoms. The number of hydrogen-bond acceptors (Lipinski definition) is 3. The van der Waals surface area contributed by atoms with Gasteiger partial charge in [-0.15, -0.1) is 0 Å². The second-order valence-electron chi connectivity index (χ2n) is 5.59. The fourth-order valence-electron chi connectivity index (χ4n) is 1.82. The number of halogens is 4. The van der Waals surface area contributed by atoms with E-state index in [1.807, 2.05) is 21.0 Å². The molecule has 0 amide bonds. The van der Waals surface area contributed by atoms with Crippen LogP contribution in [0.15, 0.2) is 24.4 Å². The Bertz CT molecular complexity index is 750. The van der Waals surface area contributed by atoms with Gasteiger partial charge in [0.1, 0.15) is 0 Å². The summed E-state index contributed by atoms with van der Waals surface area (Å²) in [5.74, 6) is -8.83. The molecule has 0 aliphatic heterocycles. The predicted octanol–water partition coefficient (Wildman–Crippen LogP) is 3.44. The van der Waals surface area contributed by atoms with Gasteiger partial charge in [0, 0.05) is 18.3 Å². The standard InChI is InChI=1S/C16H15F4N2O2/c1-4-22(2,3)12-6-5-9(8-21-12)16(23)24-15-13(19)10(17)7-11(18)14(15)20/h5-8H,4H2,1-3H3/q+1. The molecule has 24 heavy (non-hydrogen) atoms. The van der Waals surface area contributed by atoms with E-state index in [0.717, 1.165) is 6.54 Å². The Hall–Kier alpha value is -2.48. The summed E-state index contributed by atoms with van der Waals surface area (Å²) < 4.78 is 58.1. The van der Waals surface area contributed by atoms with Crippen molar-refractivity contribution in [2.45, 2.75) is 6.92 Å². The number of ether oxygens (including phenoxy) is 1. The normalized spacial score (nSPS) is 11.5. The molecular formula is C16H15F4N2O2+. The van der Waals surface area contributed by atoms with Crippen LogP contribution in [0.4, 0.5) is 23.4 Å². The summed E-state index contributed by atoms with van der Waals surface area (Å²) in [7, 11) is 3.81. The summed E-state index contributed by atoms with van der Waals surface area (Å²) in [6.07, 6.45) is 1.17. The average Bonchev–Trinajstić information content (AvgIpc) is 2.57. The van der Waals surface area contributed by atoms with Crippen LogP contribution in [0.3, 0.4) is 0 Å². The molecule has 0 saturated carbocycles. The maximum absolute atomic E-state index is 13.5. The molecule has 0 fully saturated rings. The van der Waals surface area contributed by atoms with Gasteiger partial charge in [-0.05, 0) is 13.0 Å². The van der Waals surface area contributed by atoms with Gasteiger partial charge < -0.3 is 4.74 Å². The van der Waals surface area contributed by atoms with Crippen LogP contribution in [0.2, 0.25) is 0 Å². The van der Waals surface area contributed by atoms with Crippen molar-refractivity contribution in [3.63, 3.8) is 0 Å². The molecule has 0 bridgehead atoms. The van der Waals surface area contributed by atoms with Crippen molar-refractivity contribution >= 4 is 11.8 Å². The second kappa shape index (κ2) is 6.56. The molecule has 0 spiro atoms.